The first kappa shape index (κ1) is 17.3. The number of aliphatic hydroxyl groups excluding tert-OH is 1. The van der Waals surface area contributed by atoms with Gasteiger partial charge in [-0.05, 0) is 61.5 Å². The van der Waals surface area contributed by atoms with E-state index in [0.29, 0.717) is 16.7 Å². The van der Waals surface area contributed by atoms with Crippen molar-refractivity contribution >= 4 is 22.5 Å². The van der Waals surface area contributed by atoms with Gasteiger partial charge in [-0.3, -0.25) is 0 Å². The number of pyridine rings is 1. The second kappa shape index (κ2) is 8.01. The van der Waals surface area contributed by atoms with Crippen molar-refractivity contribution in [2.24, 2.45) is 0 Å². The molecule has 0 spiro atoms. The normalized spacial score (nSPS) is 12.4. The number of rotatable bonds is 6. The first-order valence-corrected chi connectivity index (χ1v) is 8.30. The average molecular weight is 356 g/mol. The molecule has 128 valence electrons. The fraction of sp³-hybridized carbons (Fsp3) is 0.150. The number of fused-ring (bicyclic) bond motifs is 1. The van der Waals surface area contributed by atoms with Crippen molar-refractivity contribution in [1.29, 1.82) is 0 Å². The third kappa shape index (κ3) is 4.72. The Morgan fingerprint density at radius 2 is 1.84 bits per heavy atom. The number of nitrogens with zero attached hydrogens (tertiary/aromatic N) is 1. The molecule has 1 unspecified atom stereocenters. The maximum atomic E-state index is 8.77. The Hall–Kier alpha value is -2.56. The SMILES string of the molecule is CC(C=CCO)Oc1ccc(Oc2ccc3cc(Cl)ccc3n2)cc1. The number of halogens is 1. The standard InChI is InChI=1S/C20H18ClNO3/c1-14(3-2-12-23)24-17-6-8-18(9-7-17)25-20-11-4-15-13-16(21)5-10-19(15)22-20/h2-11,13-14,23H,12H2,1H3. The second-order valence-electron chi connectivity index (χ2n) is 5.49. The van der Waals surface area contributed by atoms with Crippen LogP contribution in [0.3, 0.4) is 0 Å². The molecule has 3 aromatic rings. The lowest BCUT2D eigenvalue weighted by atomic mass is 10.2. The molecule has 1 aromatic heterocycles. The van der Waals surface area contributed by atoms with Gasteiger partial charge in [0.1, 0.15) is 17.6 Å². The Balaban J connectivity index is 1.69. The van der Waals surface area contributed by atoms with E-state index in [1.165, 1.54) is 0 Å². The molecule has 0 saturated heterocycles. The quantitative estimate of drug-likeness (QED) is 0.632. The van der Waals surface area contributed by atoms with Gasteiger partial charge in [0.15, 0.2) is 0 Å². The number of benzene rings is 2. The lowest BCUT2D eigenvalue weighted by molar-refractivity contribution is 0.267. The largest absolute Gasteiger partial charge is 0.487 e. The lowest BCUT2D eigenvalue weighted by Crippen LogP contribution is -2.08. The fourth-order valence-electron chi connectivity index (χ4n) is 2.35. The Morgan fingerprint density at radius 3 is 2.60 bits per heavy atom. The molecule has 0 aliphatic heterocycles. The van der Waals surface area contributed by atoms with Gasteiger partial charge in [0, 0.05) is 16.5 Å². The van der Waals surface area contributed by atoms with E-state index in [1.807, 2.05) is 55.5 Å². The van der Waals surface area contributed by atoms with Crippen molar-refractivity contribution in [3.8, 4) is 17.4 Å². The Labute approximate surface area is 151 Å². The Bertz CT molecular complexity index is 878. The maximum Gasteiger partial charge on any atom is 0.219 e. The van der Waals surface area contributed by atoms with E-state index in [4.69, 9.17) is 26.2 Å². The Morgan fingerprint density at radius 1 is 1.08 bits per heavy atom. The molecule has 0 saturated carbocycles. The molecule has 1 atom stereocenters. The molecule has 3 rings (SSSR count). The van der Waals surface area contributed by atoms with E-state index >= 15 is 0 Å². The molecule has 25 heavy (non-hydrogen) atoms. The van der Waals surface area contributed by atoms with Gasteiger partial charge in [0.25, 0.3) is 0 Å². The second-order valence-corrected chi connectivity index (χ2v) is 5.93. The van der Waals surface area contributed by atoms with Crippen molar-refractivity contribution < 1.29 is 14.6 Å². The minimum absolute atomic E-state index is 0.00540. The summed E-state index contributed by atoms with van der Waals surface area (Å²) < 4.78 is 11.5. The van der Waals surface area contributed by atoms with Crippen molar-refractivity contribution in [3.05, 3.63) is 71.8 Å². The van der Waals surface area contributed by atoms with Gasteiger partial charge < -0.3 is 14.6 Å². The number of hydrogen-bond donors (Lipinski definition) is 1. The summed E-state index contributed by atoms with van der Waals surface area (Å²) in [5.41, 5.74) is 0.825. The van der Waals surface area contributed by atoms with Crippen LogP contribution in [0, 0.1) is 0 Å². The van der Waals surface area contributed by atoms with E-state index < -0.39 is 0 Å². The van der Waals surface area contributed by atoms with E-state index in [9.17, 15) is 0 Å². The third-order valence-electron chi connectivity index (χ3n) is 3.51. The molecule has 0 bridgehead atoms. The highest BCUT2D eigenvalue weighted by atomic mass is 35.5. The highest BCUT2D eigenvalue weighted by Crippen LogP contribution is 2.26. The van der Waals surface area contributed by atoms with Gasteiger partial charge in [-0.25, -0.2) is 4.98 Å². The van der Waals surface area contributed by atoms with Gasteiger partial charge >= 0.3 is 0 Å². The molecule has 0 amide bonds. The molecule has 0 radical (unpaired) electrons. The van der Waals surface area contributed by atoms with Crippen molar-refractivity contribution in [2.75, 3.05) is 6.61 Å². The number of ether oxygens (including phenoxy) is 2. The summed E-state index contributed by atoms with van der Waals surface area (Å²) in [6, 6.07) is 16.6. The van der Waals surface area contributed by atoms with Gasteiger partial charge in [-0.15, -0.1) is 0 Å². The van der Waals surface area contributed by atoms with Crippen LogP contribution in [0.2, 0.25) is 5.02 Å². The predicted molar refractivity (Wildman–Crippen MR) is 99.6 cm³/mol. The van der Waals surface area contributed by atoms with Crippen LogP contribution in [0.4, 0.5) is 0 Å². The lowest BCUT2D eigenvalue weighted by Gasteiger charge is -2.11. The monoisotopic (exact) mass is 355 g/mol. The minimum atomic E-state index is -0.118. The molecule has 0 aliphatic carbocycles. The predicted octanol–water partition coefficient (Wildman–Crippen LogP) is 5.00. The molecule has 4 nitrogen and oxygen atoms in total. The summed E-state index contributed by atoms with van der Waals surface area (Å²) >= 11 is 5.98. The van der Waals surface area contributed by atoms with Gasteiger partial charge in [0.2, 0.25) is 5.88 Å². The average Bonchev–Trinajstić information content (AvgIpc) is 2.62. The molecular formula is C20H18ClNO3. The zero-order valence-corrected chi connectivity index (χ0v) is 14.5. The van der Waals surface area contributed by atoms with E-state index in [2.05, 4.69) is 4.98 Å². The summed E-state index contributed by atoms with van der Waals surface area (Å²) in [6.07, 6.45) is 3.34. The van der Waals surface area contributed by atoms with Gasteiger partial charge in [-0.1, -0.05) is 17.7 Å². The summed E-state index contributed by atoms with van der Waals surface area (Å²) in [5.74, 6) is 1.91. The maximum absolute atomic E-state index is 8.77. The molecule has 2 aromatic carbocycles. The number of hydrogen-bond acceptors (Lipinski definition) is 4. The molecule has 0 fully saturated rings. The highest BCUT2D eigenvalue weighted by molar-refractivity contribution is 6.31. The first-order chi connectivity index (χ1) is 12.1. The zero-order valence-electron chi connectivity index (χ0n) is 13.7. The molecule has 5 heteroatoms. The smallest absolute Gasteiger partial charge is 0.219 e. The third-order valence-corrected chi connectivity index (χ3v) is 3.74. The van der Waals surface area contributed by atoms with Crippen LogP contribution < -0.4 is 9.47 Å². The molecule has 1 N–H and O–H groups in total. The topological polar surface area (TPSA) is 51.6 Å². The van der Waals surface area contributed by atoms with Crippen LogP contribution in [-0.4, -0.2) is 22.8 Å². The van der Waals surface area contributed by atoms with Crippen molar-refractivity contribution in [2.45, 2.75) is 13.0 Å². The van der Waals surface area contributed by atoms with Crippen LogP contribution in [0.25, 0.3) is 10.9 Å². The van der Waals surface area contributed by atoms with Crippen LogP contribution >= 0.6 is 11.6 Å². The van der Waals surface area contributed by atoms with Crippen molar-refractivity contribution in [1.82, 2.24) is 4.98 Å². The molecule has 1 heterocycles. The van der Waals surface area contributed by atoms with E-state index in [-0.39, 0.29) is 12.7 Å². The summed E-state index contributed by atoms with van der Waals surface area (Å²) in [6.45, 7) is 1.91. The minimum Gasteiger partial charge on any atom is -0.487 e. The number of aliphatic hydroxyl groups is 1. The Kier molecular flexibility index (Phi) is 5.53. The van der Waals surface area contributed by atoms with Crippen LogP contribution in [0.15, 0.2) is 66.7 Å². The van der Waals surface area contributed by atoms with Gasteiger partial charge in [0.05, 0.1) is 12.1 Å². The highest BCUT2D eigenvalue weighted by Gasteiger charge is 2.04. The molecular weight excluding hydrogens is 338 g/mol. The van der Waals surface area contributed by atoms with Crippen LogP contribution in [-0.2, 0) is 0 Å². The first-order valence-electron chi connectivity index (χ1n) is 7.92. The van der Waals surface area contributed by atoms with Crippen LogP contribution in [0.1, 0.15) is 6.92 Å². The summed E-state index contributed by atoms with van der Waals surface area (Å²) in [5, 5.41) is 10.4. The van der Waals surface area contributed by atoms with Crippen LogP contribution in [0.5, 0.6) is 17.4 Å². The summed E-state index contributed by atoms with van der Waals surface area (Å²) in [4.78, 5) is 4.47. The zero-order chi connectivity index (χ0) is 17.6. The fourth-order valence-corrected chi connectivity index (χ4v) is 2.53. The van der Waals surface area contributed by atoms with Crippen molar-refractivity contribution in [3.63, 3.8) is 0 Å². The van der Waals surface area contributed by atoms with E-state index in [1.54, 1.807) is 18.2 Å². The summed E-state index contributed by atoms with van der Waals surface area (Å²) in [7, 11) is 0. The molecule has 0 aliphatic rings. The number of aromatic nitrogens is 1. The van der Waals surface area contributed by atoms with E-state index in [0.717, 1.165) is 16.7 Å². The van der Waals surface area contributed by atoms with Gasteiger partial charge in [-0.2, -0.15) is 0 Å².